The lowest BCUT2D eigenvalue weighted by molar-refractivity contribution is 0.220. The van der Waals surface area contributed by atoms with Gasteiger partial charge in [-0.2, -0.15) is 0 Å². The van der Waals surface area contributed by atoms with Gasteiger partial charge in [0.05, 0.1) is 13.2 Å². The highest BCUT2D eigenvalue weighted by Crippen LogP contribution is 2.47. The van der Waals surface area contributed by atoms with Crippen LogP contribution in [0.5, 0.6) is 0 Å². The van der Waals surface area contributed by atoms with Crippen molar-refractivity contribution in [1.82, 2.24) is 0 Å². The molecule has 4 nitrogen and oxygen atoms in total. The first-order valence-electron chi connectivity index (χ1n) is 5.90. The van der Waals surface area contributed by atoms with E-state index < -0.39 is 14.7 Å². The SMILES string of the molecule is CCP(=O)(CC)OCCOP(=O)(CC)CC. The fraction of sp³-hybridized carbons (Fsp3) is 1.00. The highest BCUT2D eigenvalue weighted by Gasteiger charge is 2.20. The van der Waals surface area contributed by atoms with Gasteiger partial charge in [-0.15, -0.1) is 0 Å². The molecule has 0 saturated heterocycles. The fourth-order valence-corrected chi connectivity index (χ4v) is 3.66. The minimum absolute atomic E-state index is 0.267. The van der Waals surface area contributed by atoms with Crippen molar-refractivity contribution in [2.45, 2.75) is 27.7 Å². The molecule has 0 aliphatic rings. The third-order valence-electron chi connectivity index (χ3n) is 2.66. The molecule has 0 atom stereocenters. The Labute approximate surface area is 99.0 Å². The van der Waals surface area contributed by atoms with Crippen molar-refractivity contribution in [3.8, 4) is 0 Å². The largest absolute Gasteiger partial charge is 0.326 e. The average Bonchev–Trinajstić information content (AvgIpc) is 2.34. The predicted molar refractivity (Wildman–Crippen MR) is 69.3 cm³/mol. The summed E-state index contributed by atoms with van der Waals surface area (Å²) in [7, 11) is -4.90. The van der Waals surface area contributed by atoms with Crippen LogP contribution in [0.15, 0.2) is 0 Å². The van der Waals surface area contributed by atoms with Gasteiger partial charge in [0.2, 0.25) is 14.7 Å². The smallest absolute Gasteiger partial charge is 0.202 e. The molecule has 0 spiro atoms. The third-order valence-corrected chi connectivity index (χ3v) is 7.82. The molecule has 0 unspecified atom stereocenters. The van der Waals surface area contributed by atoms with E-state index >= 15 is 0 Å². The summed E-state index contributed by atoms with van der Waals surface area (Å²) < 4.78 is 34.4. The van der Waals surface area contributed by atoms with Crippen molar-refractivity contribution in [2.75, 3.05) is 37.9 Å². The van der Waals surface area contributed by atoms with E-state index in [0.29, 0.717) is 24.6 Å². The Balaban J connectivity index is 3.92. The zero-order valence-corrected chi connectivity index (χ0v) is 12.6. The highest BCUT2D eigenvalue weighted by molar-refractivity contribution is 7.59. The molecule has 0 amide bonds. The summed E-state index contributed by atoms with van der Waals surface area (Å²) >= 11 is 0. The average molecular weight is 270 g/mol. The van der Waals surface area contributed by atoms with Crippen LogP contribution in [-0.2, 0) is 18.2 Å². The van der Waals surface area contributed by atoms with Crippen LogP contribution in [0, 0.1) is 0 Å². The summed E-state index contributed by atoms with van der Waals surface area (Å²) in [6, 6.07) is 0. The van der Waals surface area contributed by atoms with Gasteiger partial charge < -0.3 is 9.05 Å². The van der Waals surface area contributed by atoms with Gasteiger partial charge in [-0.1, -0.05) is 27.7 Å². The van der Waals surface area contributed by atoms with Gasteiger partial charge in [0.25, 0.3) is 0 Å². The van der Waals surface area contributed by atoms with E-state index in [2.05, 4.69) is 0 Å². The highest BCUT2D eigenvalue weighted by atomic mass is 31.2. The molecule has 0 aliphatic heterocycles. The number of rotatable bonds is 9. The van der Waals surface area contributed by atoms with Crippen molar-refractivity contribution in [3.63, 3.8) is 0 Å². The Hall–Kier alpha value is 0.380. The van der Waals surface area contributed by atoms with Crippen molar-refractivity contribution in [1.29, 1.82) is 0 Å². The van der Waals surface area contributed by atoms with E-state index in [1.807, 2.05) is 27.7 Å². The summed E-state index contributed by atoms with van der Waals surface area (Å²) in [6.45, 7) is 7.95. The van der Waals surface area contributed by atoms with Crippen molar-refractivity contribution >= 4 is 14.7 Å². The van der Waals surface area contributed by atoms with Crippen LogP contribution < -0.4 is 0 Å². The van der Waals surface area contributed by atoms with Crippen LogP contribution in [-0.4, -0.2) is 37.9 Å². The van der Waals surface area contributed by atoms with Crippen LogP contribution in [0.3, 0.4) is 0 Å². The second kappa shape index (κ2) is 7.66. The van der Waals surface area contributed by atoms with Crippen LogP contribution in [0.25, 0.3) is 0 Å². The molecule has 0 radical (unpaired) electrons. The van der Waals surface area contributed by atoms with Crippen molar-refractivity contribution in [2.24, 2.45) is 0 Å². The van der Waals surface area contributed by atoms with Crippen LogP contribution in [0.1, 0.15) is 27.7 Å². The first-order valence-corrected chi connectivity index (χ1v) is 9.89. The normalized spacial score (nSPS) is 13.0. The van der Waals surface area contributed by atoms with E-state index in [1.165, 1.54) is 0 Å². The molecule has 0 aliphatic carbocycles. The molecule has 0 N–H and O–H groups in total. The standard InChI is InChI=1S/C10H24O4P2/c1-5-15(11,6-2)13-9-10-14-16(12,7-3)8-4/h5-10H2,1-4H3. The lowest BCUT2D eigenvalue weighted by atomic mass is 10.8. The Kier molecular flexibility index (Phi) is 7.84. The van der Waals surface area contributed by atoms with E-state index in [4.69, 9.17) is 9.05 Å². The first kappa shape index (κ1) is 16.4. The van der Waals surface area contributed by atoms with E-state index in [-0.39, 0.29) is 13.2 Å². The minimum atomic E-state index is -2.45. The van der Waals surface area contributed by atoms with Gasteiger partial charge in [0, 0.05) is 24.6 Å². The number of hydrogen-bond acceptors (Lipinski definition) is 4. The van der Waals surface area contributed by atoms with E-state index in [1.54, 1.807) is 0 Å². The zero-order chi connectivity index (χ0) is 12.7. The Morgan fingerprint density at radius 1 is 0.688 bits per heavy atom. The summed E-state index contributed by atoms with van der Waals surface area (Å²) in [4.78, 5) is 0. The van der Waals surface area contributed by atoms with Gasteiger partial charge in [0.15, 0.2) is 0 Å². The molecule has 0 bridgehead atoms. The molecule has 0 heterocycles. The van der Waals surface area contributed by atoms with Gasteiger partial charge >= 0.3 is 0 Å². The van der Waals surface area contributed by atoms with Crippen LogP contribution >= 0.6 is 14.7 Å². The van der Waals surface area contributed by atoms with Gasteiger partial charge in [-0.3, -0.25) is 9.13 Å². The molecule has 0 aromatic carbocycles. The molecule has 0 aromatic heterocycles. The minimum Gasteiger partial charge on any atom is -0.326 e. The van der Waals surface area contributed by atoms with Gasteiger partial charge in [-0.25, -0.2) is 0 Å². The number of hydrogen-bond donors (Lipinski definition) is 0. The molecular weight excluding hydrogens is 246 g/mol. The lowest BCUT2D eigenvalue weighted by Crippen LogP contribution is -2.05. The lowest BCUT2D eigenvalue weighted by Gasteiger charge is -2.17. The second-order valence-electron chi connectivity index (χ2n) is 3.56. The Morgan fingerprint density at radius 2 is 0.938 bits per heavy atom. The maximum atomic E-state index is 11.9. The first-order chi connectivity index (χ1) is 7.45. The quantitative estimate of drug-likeness (QED) is 0.474. The Morgan fingerprint density at radius 3 is 1.12 bits per heavy atom. The second-order valence-corrected chi connectivity index (χ2v) is 9.86. The van der Waals surface area contributed by atoms with E-state index in [9.17, 15) is 9.13 Å². The summed E-state index contributed by atoms with van der Waals surface area (Å²) in [5, 5.41) is 0. The summed E-state index contributed by atoms with van der Waals surface area (Å²) in [5.41, 5.74) is 0. The topological polar surface area (TPSA) is 52.6 Å². The molecule has 6 heteroatoms. The summed E-state index contributed by atoms with van der Waals surface area (Å²) in [5.74, 6) is 0. The molecule has 98 valence electrons. The molecule has 0 rings (SSSR count). The van der Waals surface area contributed by atoms with Crippen LogP contribution in [0.4, 0.5) is 0 Å². The van der Waals surface area contributed by atoms with Gasteiger partial charge in [0.1, 0.15) is 0 Å². The predicted octanol–water partition coefficient (Wildman–Crippen LogP) is 3.66. The van der Waals surface area contributed by atoms with E-state index in [0.717, 1.165) is 0 Å². The Bertz CT molecular complexity index is 234. The van der Waals surface area contributed by atoms with Crippen LogP contribution in [0.2, 0.25) is 0 Å². The summed E-state index contributed by atoms with van der Waals surface area (Å²) in [6.07, 6.45) is 2.18. The van der Waals surface area contributed by atoms with Crippen molar-refractivity contribution < 1.29 is 18.2 Å². The maximum absolute atomic E-state index is 11.9. The molecular formula is C10H24O4P2. The molecule has 0 saturated carbocycles. The molecule has 0 aromatic rings. The van der Waals surface area contributed by atoms with Crippen molar-refractivity contribution in [3.05, 3.63) is 0 Å². The fourth-order valence-electron chi connectivity index (χ4n) is 1.22. The maximum Gasteiger partial charge on any atom is 0.202 e. The molecule has 16 heavy (non-hydrogen) atoms. The third kappa shape index (κ3) is 5.63. The molecule has 0 fully saturated rings. The monoisotopic (exact) mass is 270 g/mol. The zero-order valence-electron chi connectivity index (χ0n) is 10.8. The van der Waals surface area contributed by atoms with Gasteiger partial charge in [-0.05, 0) is 0 Å².